The Hall–Kier alpha value is -2.51. The molecule has 1 aliphatic heterocycles. The van der Waals surface area contributed by atoms with Gasteiger partial charge in [-0.05, 0) is 34.0 Å². The first-order chi connectivity index (χ1) is 16.7. The summed E-state index contributed by atoms with van der Waals surface area (Å²) in [6.07, 6.45) is 0.338. The third kappa shape index (κ3) is 3.61. The van der Waals surface area contributed by atoms with Crippen LogP contribution in [0, 0.1) is 0 Å². The summed E-state index contributed by atoms with van der Waals surface area (Å²) in [4.78, 5) is 0. The van der Waals surface area contributed by atoms with Crippen molar-refractivity contribution in [3.63, 3.8) is 0 Å². The van der Waals surface area contributed by atoms with E-state index in [1.807, 2.05) is 48.5 Å². The first-order valence-corrected chi connectivity index (χ1v) is 17.8. The fourth-order valence-electron chi connectivity index (χ4n) is 5.60. The molecule has 172 valence electrons. The molecule has 5 heteroatoms. The first-order valence-electron chi connectivity index (χ1n) is 11.7. The molecule has 0 spiro atoms. The fourth-order valence-corrected chi connectivity index (χ4v) is 22.4. The van der Waals surface area contributed by atoms with Crippen LogP contribution in [0.5, 0.6) is 0 Å². The van der Waals surface area contributed by atoms with Crippen LogP contribution in [0.3, 0.4) is 0 Å². The Kier molecular flexibility index (Phi) is 6.58. The van der Waals surface area contributed by atoms with Gasteiger partial charge in [0.05, 0.1) is 6.30 Å². The van der Waals surface area contributed by atoms with Crippen LogP contribution in [-0.2, 0) is 10.0 Å². The molecular formula is C29H28ClFOSi2. The molecule has 4 aromatic rings. The number of hydrogen-bond donors (Lipinski definition) is 0. The Morgan fingerprint density at radius 1 is 0.676 bits per heavy atom. The van der Waals surface area contributed by atoms with Gasteiger partial charge in [-0.15, -0.1) is 11.6 Å². The summed E-state index contributed by atoms with van der Waals surface area (Å²) in [5.74, 6) is 0. The molecule has 4 aromatic carbocycles. The number of benzene rings is 4. The van der Waals surface area contributed by atoms with Crippen molar-refractivity contribution in [1.29, 1.82) is 0 Å². The van der Waals surface area contributed by atoms with Gasteiger partial charge in [-0.2, -0.15) is 0 Å². The lowest BCUT2D eigenvalue weighted by Crippen LogP contribution is -2.84. The zero-order valence-corrected chi connectivity index (χ0v) is 21.8. The van der Waals surface area contributed by atoms with Gasteiger partial charge in [0.25, 0.3) is 0 Å². The fraction of sp³-hybridized carbons (Fsp3) is 0.172. The zero-order valence-electron chi connectivity index (χ0n) is 19.0. The molecule has 1 fully saturated rings. The molecule has 0 aromatic heterocycles. The van der Waals surface area contributed by atoms with Gasteiger partial charge in [0.15, 0.2) is 0 Å². The van der Waals surface area contributed by atoms with E-state index in [0.29, 0.717) is 5.50 Å². The topological polar surface area (TPSA) is 9.23 Å². The predicted octanol–water partition coefficient (Wildman–Crippen LogP) is 5.92. The van der Waals surface area contributed by atoms with Gasteiger partial charge in [0.1, 0.15) is 13.2 Å². The van der Waals surface area contributed by atoms with Crippen molar-refractivity contribution in [3.8, 4) is 0 Å². The minimum atomic E-state index is -3.08. The van der Waals surface area contributed by atoms with E-state index in [1.54, 1.807) is 0 Å². The Morgan fingerprint density at radius 3 is 1.47 bits per heavy atom. The van der Waals surface area contributed by atoms with Crippen LogP contribution in [0.25, 0.3) is 0 Å². The number of hydrogen-bond acceptors (Lipinski definition) is 1. The van der Waals surface area contributed by atoms with Crippen LogP contribution >= 0.6 is 11.6 Å². The summed E-state index contributed by atoms with van der Waals surface area (Å²) in [6, 6.07) is 42.4. The monoisotopic (exact) mass is 502 g/mol. The standard InChI is InChI=1S/C29H28ClFOSi2/c30-23-33(24-31)22-21-29(25-13-5-1-6-14-25,26-15-7-2-8-16-26)32-34(33,27-17-9-3-10-18-27)28-19-11-4-12-20-28/h1-20H,21-24H2. The normalized spacial score (nSPS) is 21.1. The Bertz CT molecular complexity index is 1120. The largest absolute Gasteiger partial charge is 0.397 e. The highest BCUT2D eigenvalue weighted by molar-refractivity contribution is 7.50. The van der Waals surface area contributed by atoms with E-state index < -0.39 is 21.0 Å². The second-order valence-electron chi connectivity index (χ2n) is 9.12. The molecule has 0 saturated carbocycles. The number of halogens is 2. The van der Waals surface area contributed by atoms with E-state index in [0.717, 1.165) is 34.0 Å². The van der Waals surface area contributed by atoms with Crippen LogP contribution < -0.4 is 10.4 Å². The van der Waals surface area contributed by atoms with E-state index in [2.05, 4.69) is 72.8 Å². The van der Waals surface area contributed by atoms with Crippen molar-refractivity contribution in [2.24, 2.45) is 0 Å². The second-order valence-corrected chi connectivity index (χ2v) is 21.5. The summed E-state index contributed by atoms with van der Waals surface area (Å²) < 4.78 is 23.1. The SMILES string of the molecule is FC[Si]1(CCl)CCC(c2ccccc2)(c2ccccc2)O[Si]1(c1ccccc1)c1ccccc1. The molecular weight excluding hydrogens is 475 g/mol. The number of alkyl halides is 2. The zero-order chi connectivity index (χ0) is 23.5. The highest BCUT2D eigenvalue weighted by Gasteiger charge is 2.66. The van der Waals surface area contributed by atoms with Gasteiger partial charge >= 0.3 is 0 Å². The molecule has 1 atom stereocenters. The van der Waals surface area contributed by atoms with E-state index >= 15 is 4.39 Å². The molecule has 1 aliphatic rings. The summed E-state index contributed by atoms with van der Waals surface area (Å²) in [6.45, 7) is 0. The molecule has 0 radical (unpaired) electrons. The molecule has 34 heavy (non-hydrogen) atoms. The van der Waals surface area contributed by atoms with Crippen molar-refractivity contribution in [1.82, 2.24) is 0 Å². The van der Waals surface area contributed by atoms with E-state index in [1.165, 1.54) is 0 Å². The van der Waals surface area contributed by atoms with Crippen molar-refractivity contribution in [3.05, 3.63) is 132 Å². The molecule has 0 bridgehead atoms. The lowest BCUT2D eigenvalue weighted by Gasteiger charge is -2.56. The predicted molar refractivity (Wildman–Crippen MR) is 145 cm³/mol. The third-order valence-electron chi connectivity index (χ3n) is 7.38. The van der Waals surface area contributed by atoms with Crippen LogP contribution in [-0.4, -0.2) is 27.2 Å². The van der Waals surface area contributed by atoms with Crippen molar-refractivity contribution < 1.29 is 8.82 Å². The van der Waals surface area contributed by atoms with Gasteiger partial charge in [-0.3, -0.25) is 4.39 Å². The average molecular weight is 503 g/mol. The molecule has 1 nitrogen and oxygen atoms in total. The lowest BCUT2D eigenvalue weighted by atomic mass is 9.84. The quantitative estimate of drug-likeness (QED) is 0.235. The molecule has 0 N–H and O–H groups in total. The van der Waals surface area contributed by atoms with Crippen LogP contribution in [0.1, 0.15) is 17.5 Å². The van der Waals surface area contributed by atoms with Crippen molar-refractivity contribution in [2.45, 2.75) is 18.1 Å². The van der Waals surface area contributed by atoms with Crippen molar-refractivity contribution in [2.75, 3.05) is 11.8 Å². The first kappa shape index (κ1) is 23.2. The van der Waals surface area contributed by atoms with Crippen LogP contribution in [0.4, 0.5) is 4.39 Å². The van der Waals surface area contributed by atoms with E-state index in [9.17, 15) is 0 Å². The minimum absolute atomic E-state index is 0.346. The number of rotatable bonds is 6. The smallest absolute Gasteiger partial charge is 0.246 e. The van der Waals surface area contributed by atoms with Crippen LogP contribution in [0.2, 0.25) is 6.04 Å². The maximum Gasteiger partial charge on any atom is 0.246 e. The summed E-state index contributed by atoms with van der Waals surface area (Å²) in [5.41, 5.74) is 1.90. The Balaban J connectivity index is 1.85. The maximum absolute atomic E-state index is 15.4. The van der Waals surface area contributed by atoms with Crippen molar-refractivity contribution >= 4 is 37.4 Å². The third-order valence-corrected chi connectivity index (χ3v) is 24.5. The summed E-state index contributed by atoms with van der Waals surface area (Å²) in [7, 11) is -5.81. The second kappa shape index (κ2) is 9.63. The van der Waals surface area contributed by atoms with E-state index in [4.69, 9.17) is 16.0 Å². The minimum Gasteiger partial charge on any atom is -0.397 e. The summed E-state index contributed by atoms with van der Waals surface area (Å²) in [5, 5.41) is 2.23. The molecule has 1 saturated heterocycles. The Labute approximate surface area is 208 Å². The Morgan fingerprint density at radius 2 is 1.09 bits per heavy atom. The molecule has 0 amide bonds. The highest BCUT2D eigenvalue weighted by Crippen LogP contribution is 2.48. The molecule has 5 rings (SSSR count). The summed E-state index contributed by atoms with van der Waals surface area (Å²) >= 11 is 6.78. The molecule has 0 aliphatic carbocycles. The molecule has 1 heterocycles. The van der Waals surface area contributed by atoms with Gasteiger partial charge in [0, 0.05) is 5.50 Å². The maximum atomic E-state index is 15.4. The molecule has 1 unspecified atom stereocenters. The van der Waals surface area contributed by atoms with Gasteiger partial charge in [0.2, 0.25) is 7.83 Å². The van der Waals surface area contributed by atoms with Crippen LogP contribution in [0.15, 0.2) is 121 Å². The van der Waals surface area contributed by atoms with Gasteiger partial charge in [-0.25, -0.2) is 0 Å². The average Bonchev–Trinajstić information content (AvgIpc) is 2.94. The van der Waals surface area contributed by atoms with Gasteiger partial charge in [-0.1, -0.05) is 121 Å². The lowest BCUT2D eigenvalue weighted by molar-refractivity contribution is 0.0976. The van der Waals surface area contributed by atoms with Gasteiger partial charge < -0.3 is 4.43 Å². The van der Waals surface area contributed by atoms with E-state index in [-0.39, 0.29) is 6.30 Å². The highest BCUT2D eigenvalue weighted by atomic mass is 35.5.